The summed E-state index contributed by atoms with van der Waals surface area (Å²) in [7, 11) is 0. The van der Waals surface area contributed by atoms with E-state index in [0.717, 1.165) is 82.0 Å². The summed E-state index contributed by atoms with van der Waals surface area (Å²) in [6.07, 6.45) is 0.0244. The van der Waals surface area contributed by atoms with Gasteiger partial charge in [0, 0.05) is 45.2 Å². The van der Waals surface area contributed by atoms with Crippen molar-refractivity contribution in [2.75, 3.05) is 45.8 Å². The maximum Gasteiger partial charge on any atom is 0.416 e. The molecule has 1 aliphatic rings. The number of carbonyl (C=O) groups is 1. The van der Waals surface area contributed by atoms with E-state index in [4.69, 9.17) is 9.94 Å². The zero-order chi connectivity index (χ0) is 30.5. The minimum Gasteiger partial charge on any atom is -0.486 e. The number of carbonyl (C=O) groups excluding carboxylic acids is 1. The Bertz CT molecular complexity index is 1280. The zero-order valence-electron chi connectivity index (χ0n) is 24.1. The average molecular weight is 597 g/mol. The van der Waals surface area contributed by atoms with Crippen LogP contribution in [0.15, 0.2) is 84.9 Å². The molecule has 0 aliphatic carbocycles. The molecule has 1 unspecified atom stereocenters. The lowest BCUT2D eigenvalue weighted by atomic mass is 10.1. The summed E-state index contributed by atoms with van der Waals surface area (Å²) in [6, 6.07) is 22.7. The summed E-state index contributed by atoms with van der Waals surface area (Å²) in [5, 5.41) is 12.1. The SMILES string of the molecule is O=C(/C=C/c1ccc(CN2CCN(CCCNCCC(Oc3ccc(C(F)(F)F)cc3)c3ccccc3)CC2)cc1)NO. The smallest absolute Gasteiger partial charge is 0.416 e. The van der Waals surface area contributed by atoms with Gasteiger partial charge in [-0.3, -0.25) is 14.9 Å². The normalized spacial score (nSPS) is 15.4. The monoisotopic (exact) mass is 596 g/mol. The van der Waals surface area contributed by atoms with Crippen LogP contribution in [0.4, 0.5) is 13.2 Å². The maximum absolute atomic E-state index is 12.9. The van der Waals surface area contributed by atoms with E-state index in [1.54, 1.807) is 11.6 Å². The first kappa shape index (κ1) is 32.2. The summed E-state index contributed by atoms with van der Waals surface area (Å²) in [5.41, 5.74) is 3.99. The van der Waals surface area contributed by atoms with Crippen LogP contribution in [0, 0.1) is 0 Å². The van der Waals surface area contributed by atoms with Gasteiger partial charge in [-0.25, -0.2) is 5.48 Å². The van der Waals surface area contributed by atoms with E-state index in [0.29, 0.717) is 12.2 Å². The molecule has 1 atom stereocenters. The molecule has 3 aromatic carbocycles. The molecule has 0 radical (unpaired) electrons. The highest BCUT2D eigenvalue weighted by Gasteiger charge is 2.30. The maximum atomic E-state index is 12.9. The number of amides is 1. The van der Waals surface area contributed by atoms with Gasteiger partial charge in [-0.1, -0.05) is 54.6 Å². The van der Waals surface area contributed by atoms with E-state index in [1.165, 1.54) is 23.8 Å². The first-order valence-corrected chi connectivity index (χ1v) is 14.6. The highest BCUT2D eigenvalue weighted by Crippen LogP contribution is 2.32. The fourth-order valence-electron chi connectivity index (χ4n) is 5.01. The van der Waals surface area contributed by atoms with Gasteiger partial charge in [-0.05, 0) is 73.1 Å². The van der Waals surface area contributed by atoms with Crippen LogP contribution >= 0.6 is 0 Å². The van der Waals surface area contributed by atoms with E-state index < -0.39 is 17.6 Å². The molecule has 0 aromatic heterocycles. The first-order chi connectivity index (χ1) is 20.8. The Balaban J connectivity index is 1.13. The third-order valence-electron chi connectivity index (χ3n) is 7.43. The standard InChI is InChI=1S/C33H39F3N4O3/c34-33(35,36)29-12-14-30(15-13-29)43-31(28-5-2-1-3-6-28)17-19-37-18-4-20-39-21-23-40(24-22-39)25-27-9-7-26(8-10-27)11-16-32(41)38-42/h1-3,5-16,31,37,42H,4,17-25H2,(H,38,41)/b16-11+. The average Bonchev–Trinajstić information content (AvgIpc) is 3.02. The fourth-order valence-corrected chi connectivity index (χ4v) is 5.01. The minimum atomic E-state index is -4.37. The van der Waals surface area contributed by atoms with Crippen LogP contribution in [0.1, 0.15) is 41.2 Å². The molecule has 3 aromatic rings. The Morgan fingerprint density at radius 3 is 2.23 bits per heavy atom. The van der Waals surface area contributed by atoms with Crippen molar-refractivity contribution >= 4 is 12.0 Å². The van der Waals surface area contributed by atoms with Gasteiger partial charge in [0.1, 0.15) is 11.9 Å². The summed E-state index contributed by atoms with van der Waals surface area (Å²) in [5.74, 6) is -0.140. The molecule has 4 rings (SSSR count). The molecule has 1 saturated heterocycles. The lowest BCUT2D eigenvalue weighted by Crippen LogP contribution is -2.46. The highest BCUT2D eigenvalue weighted by molar-refractivity contribution is 5.90. The van der Waals surface area contributed by atoms with E-state index in [9.17, 15) is 18.0 Å². The predicted octanol–water partition coefficient (Wildman–Crippen LogP) is 5.53. The van der Waals surface area contributed by atoms with Gasteiger partial charge < -0.3 is 15.0 Å². The third kappa shape index (κ3) is 10.8. The van der Waals surface area contributed by atoms with Crippen molar-refractivity contribution in [2.45, 2.75) is 31.7 Å². The predicted molar refractivity (Wildman–Crippen MR) is 160 cm³/mol. The van der Waals surface area contributed by atoms with Gasteiger partial charge in [0.2, 0.25) is 0 Å². The van der Waals surface area contributed by atoms with Crippen molar-refractivity contribution in [1.82, 2.24) is 20.6 Å². The Kier molecular flexibility index (Phi) is 12.2. The van der Waals surface area contributed by atoms with E-state index in [1.807, 2.05) is 42.5 Å². The molecule has 10 heteroatoms. The third-order valence-corrected chi connectivity index (χ3v) is 7.43. The number of halogens is 3. The summed E-state index contributed by atoms with van der Waals surface area (Å²) >= 11 is 0. The van der Waals surface area contributed by atoms with Crippen LogP contribution in [-0.2, 0) is 17.5 Å². The van der Waals surface area contributed by atoms with Gasteiger partial charge in [0.25, 0.3) is 5.91 Å². The molecule has 0 spiro atoms. The molecule has 230 valence electrons. The van der Waals surface area contributed by atoms with Crippen LogP contribution in [0.5, 0.6) is 5.75 Å². The minimum absolute atomic E-state index is 0.265. The molecule has 0 saturated carbocycles. The zero-order valence-corrected chi connectivity index (χ0v) is 24.1. The second-order valence-electron chi connectivity index (χ2n) is 10.6. The topological polar surface area (TPSA) is 77.1 Å². The molecule has 1 fully saturated rings. The summed E-state index contributed by atoms with van der Waals surface area (Å²) in [6.45, 7) is 7.57. The Labute approximate surface area is 250 Å². The molecule has 1 aliphatic heterocycles. The van der Waals surface area contributed by atoms with Gasteiger partial charge in [0.15, 0.2) is 0 Å². The number of nitrogens with zero attached hydrogens (tertiary/aromatic N) is 2. The van der Waals surface area contributed by atoms with Gasteiger partial charge in [-0.2, -0.15) is 13.2 Å². The number of rotatable bonds is 14. The van der Waals surface area contributed by atoms with Crippen molar-refractivity contribution in [1.29, 1.82) is 0 Å². The molecular weight excluding hydrogens is 557 g/mol. The van der Waals surface area contributed by atoms with Crippen LogP contribution in [0.2, 0.25) is 0 Å². The van der Waals surface area contributed by atoms with Crippen molar-refractivity contribution in [3.63, 3.8) is 0 Å². The van der Waals surface area contributed by atoms with Crippen LogP contribution in [0.3, 0.4) is 0 Å². The number of hydrogen-bond donors (Lipinski definition) is 3. The fraction of sp³-hybridized carbons (Fsp3) is 0.364. The number of ether oxygens (including phenoxy) is 1. The molecule has 3 N–H and O–H groups in total. The number of alkyl halides is 3. The number of hydrogen-bond acceptors (Lipinski definition) is 6. The van der Waals surface area contributed by atoms with Crippen molar-refractivity contribution in [2.24, 2.45) is 0 Å². The van der Waals surface area contributed by atoms with Crippen molar-refractivity contribution in [3.05, 3.63) is 107 Å². The lowest BCUT2D eigenvalue weighted by molar-refractivity contribution is -0.137. The molecule has 0 bridgehead atoms. The van der Waals surface area contributed by atoms with Gasteiger partial charge in [0.05, 0.1) is 5.56 Å². The van der Waals surface area contributed by atoms with E-state index in [-0.39, 0.29) is 6.10 Å². The number of piperazine rings is 1. The number of benzene rings is 3. The molecule has 43 heavy (non-hydrogen) atoms. The lowest BCUT2D eigenvalue weighted by Gasteiger charge is -2.34. The molecule has 1 heterocycles. The van der Waals surface area contributed by atoms with Gasteiger partial charge in [-0.15, -0.1) is 0 Å². The summed E-state index contributed by atoms with van der Waals surface area (Å²) < 4.78 is 44.9. The molecule has 1 amide bonds. The van der Waals surface area contributed by atoms with Crippen LogP contribution in [0.25, 0.3) is 6.08 Å². The van der Waals surface area contributed by atoms with Crippen LogP contribution < -0.4 is 15.5 Å². The Morgan fingerprint density at radius 2 is 1.58 bits per heavy atom. The Hall–Kier alpha value is -3.70. The number of hydroxylamine groups is 1. The largest absolute Gasteiger partial charge is 0.486 e. The highest BCUT2D eigenvalue weighted by atomic mass is 19.4. The first-order valence-electron chi connectivity index (χ1n) is 14.6. The second kappa shape index (κ2) is 16.2. The quantitative estimate of drug-likeness (QED) is 0.0984. The van der Waals surface area contributed by atoms with E-state index >= 15 is 0 Å². The number of nitrogens with one attached hydrogen (secondary N) is 2. The van der Waals surface area contributed by atoms with Crippen LogP contribution in [-0.4, -0.2) is 66.7 Å². The van der Waals surface area contributed by atoms with Gasteiger partial charge >= 0.3 is 6.18 Å². The van der Waals surface area contributed by atoms with E-state index in [2.05, 4.69) is 27.2 Å². The molecule has 7 nitrogen and oxygen atoms in total. The Morgan fingerprint density at radius 1 is 0.907 bits per heavy atom. The summed E-state index contributed by atoms with van der Waals surface area (Å²) in [4.78, 5) is 16.1. The van der Waals surface area contributed by atoms with Crippen molar-refractivity contribution < 1.29 is 27.9 Å². The second-order valence-corrected chi connectivity index (χ2v) is 10.6. The van der Waals surface area contributed by atoms with Crippen molar-refractivity contribution in [3.8, 4) is 5.75 Å². The molecular formula is C33H39F3N4O3.